The van der Waals surface area contributed by atoms with Gasteiger partial charge in [0.1, 0.15) is 17.5 Å². The third-order valence-corrected chi connectivity index (χ3v) is 5.49. The Labute approximate surface area is 200 Å². The molecule has 1 aromatic carbocycles. The van der Waals surface area contributed by atoms with E-state index < -0.39 is 5.60 Å². The minimum Gasteiger partial charge on any atom is -0.491 e. The molecule has 34 heavy (non-hydrogen) atoms. The van der Waals surface area contributed by atoms with Crippen LogP contribution in [0.3, 0.4) is 0 Å². The van der Waals surface area contributed by atoms with Gasteiger partial charge in [0.25, 0.3) is 5.88 Å². The summed E-state index contributed by atoms with van der Waals surface area (Å²) in [6.45, 7) is 6.07. The predicted molar refractivity (Wildman–Crippen MR) is 131 cm³/mol. The summed E-state index contributed by atoms with van der Waals surface area (Å²) in [6, 6.07) is 15.0. The highest BCUT2D eigenvalue weighted by atomic mass is 16.6. The van der Waals surface area contributed by atoms with Crippen molar-refractivity contribution in [2.75, 3.05) is 12.0 Å². The first kappa shape index (κ1) is 23.5. The van der Waals surface area contributed by atoms with Crippen LogP contribution in [0.4, 0.5) is 11.5 Å². The van der Waals surface area contributed by atoms with Gasteiger partial charge in [0.15, 0.2) is 5.75 Å². The van der Waals surface area contributed by atoms with Crippen molar-refractivity contribution < 1.29 is 19.0 Å². The molecule has 1 aliphatic carbocycles. The van der Waals surface area contributed by atoms with Gasteiger partial charge in [0.2, 0.25) is 0 Å². The zero-order valence-electron chi connectivity index (χ0n) is 20.2. The molecule has 1 fully saturated rings. The average molecular weight is 462 g/mol. The van der Waals surface area contributed by atoms with E-state index in [1.807, 2.05) is 74.3 Å². The Balaban J connectivity index is 1.71. The normalized spacial score (nSPS) is 13.6. The molecule has 2 aromatic heterocycles. The second kappa shape index (κ2) is 10.1. The number of ether oxygens (including phenoxy) is 3. The number of anilines is 2. The number of hydrogen-bond acceptors (Lipinski definition) is 7. The Hall–Kier alpha value is -3.61. The number of pyridine rings is 2. The summed E-state index contributed by atoms with van der Waals surface area (Å²) in [5.74, 6) is 1.39. The highest BCUT2D eigenvalue weighted by Crippen LogP contribution is 2.35. The van der Waals surface area contributed by atoms with Crippen LogP contribution < -0.4 is 14.4 Å². The number of aromatic nitrogens is 2. The number of hydrogen-bond donors (Lipinski definition) is 0. The van der Waals surface area contributed by atoms with Crippen molar-refractivity contribution in [3.8, 4) is 11.6 Å². The van der Waals surface area contributed by atoms with Gasteiger partial charge in [-0.3, -0.25) is 4.98 Å². The number of benzene rings is 1. The zero-order chi connectivity index (χ0) is 24.1. The maximum atomic E-state index is 12.7. The van der Waals surface area contributed by atoms with Crippen LogP contribution in [0.25, 0.3) is 0 Å². The van der Waals surface area contributed by atoms with Gasteiger partial charge in [0.05, 0.1) is 19.2 Å². The maximum Gasteiger partial charge on any atom is 0.338 e. The van der Waals surface area contributed by atoms with Crippen molar-refractivity contribution in [3.05, 3.63) is 72.1 Å². The molecular weight excluding hydrogens is 430 g/mol. The van der Waals surface area contributed by atoms with Crippen molar-refractivity contribution in [3.63, 3.8) is 0 Å². The number of nitrogens with zero attached hydrogens (tertiary/aromatic N) is 3. The minimum atomic E-state index is -0.576. The Morgan fingerprint density at radius 1 is 1.12 bits per heavy atom. The monoisotopic (exact) mass is 461 g/mol. The molecule has 178 valence electrons. The van der Waals surface area contributed by atoms with Crippen molar-refractivity contribution in [2.45, 2.75) is 58.3 Å². The van der Waals surface area contributed by atoms with Gasteiger partial charge in [-0.25, -0.2) is 4.79 Å². The summed E-state index contributed by atoms with van der Waals surface area (Å²) in [5.41, 5.74) is 1.71. The molecular formula is C27H31N3O4. The Kier molecular flexibility index (Phi) is 7.01. The van der Waals surface area contributed by atoms with E-state index in [4.69, 9.17) is 19.2 Å². The van der Waals surface area contributed by atoms with Gasteiger partial charge in [-0.2, -0.15) is 4.98 Å². The van der Waals surface area contributed by atoms with Crippen LogP contribution in [0.15, 0.2) is 60.9 Å². The van der Waals surface area contributed by atoms with Gasteiger partial charge in [-0.05, 0) is 82.0 Å². The number of carbonyl (C=O) groups excluding carboxylic acids is 1. The fraction of sp³-hybridized carbons (Fsp3) is 0.370. The zero-order valence-corrected chi connectivity index (χ0v) is 20.2. The summed E-state index contributed by atoms with van der Waals surface area (Å²) in [6.07, 6.45) is 6.93. The average Bonchev–Trinajstić information content (AvgIpc) is 2.79. The molecule has 0 atom stereocenters. The molecule has 0 radical (unpaired) electrons. The Morgan fingerprint density at radius 3 is 2.59 bits per heavy atom. The molecule has 0 amide bonds. The molecule has 2 heterocycles. The molecule has 0 N–H and O–H groups in total. The lowest BCUT2D eigenvalue weighted by Gasteiger charge is -2.28. The topological polar surface area (TPSA) is 73.8 Å². The standard InChI is InChI=1S/C27H31N3O4/c1-27(2,3)34-26(31)20-9-5-10-21(16-20)30(18-19-8-7-15-28-17-19)24-14-13-23(32-4)25(29-24)33-22-11-6-12-22/h5,7-10,13-17,22H,6,11-12,18H2,1-4H3. The Morgan fingerprint density at radius 2 is 1.94 bits per heavy atom. The van der Waals surface area contributed by atoms with E-state index in [9.17, 15) is 4.79 Å². The minimum absolute atomic E-state index is 0.166. The van der Waals surface area contributed by atoms with E-state index in [1.165, 1.54) is 0 Å². The van der Waals surface area contributed by atoms with Crippen LogP contribution in [-0.2, 0) is 11.3 Å². The number of carbonyl (C=O) groups is 1. The number of rotatable bonds is 8. The van der Waals surface area contributed by atoms with E-state index in [0.717, 1.165) is 30.5 Å². The van der Waals surface area contributed by atoms with Crippen LogP contribution in [-0.4, -0.2) is 34.8 Å². The van der Waals surface area contributed by atoms with Crippen LogP contribution in [0.2, 0.25) is 0 Å². The Bertz CT molecular complexity index is 1120. The maximum absolute atomic E-state index is 12.7. The molecule has 0 saturated heterocycles. The van der Waals surface area contributed by atoms with E-state index in [1.54, 1.807) is 19.4 Å². The summed E-state index contributed by atoms with van der Waals surface area (Å²) in [5, 5.41) is 0. The molecule has 1 saturated carbocycles. The lowest BCUT2D eigenvalue weighted by Crippen LogP contribution is -2.26. The van der Waals surface area contributed by atoms with E-state index >= 15 is 0 Å². The SMILES string of the molecule is COc1ccc(N(Cc2cccnc2)c2cccc(C(=O)OC(C)(C)C)c2)nc1OC1CCC1. The van der Waals surface area contributed by atoms with Crippen LogP contribution in [0, 0.1) is 0 Å². The molecule has 0 bridgehead atoms. The smallest absolute Gasteiger partial charge is 0.338 e. The van der Waals surface area contributed by atoms with Crippen molar-refractivity contribution in [2.24, 2.45) is 0 Å². The number of esters is 1. The van der Waals surface area contributed by atoms with Gasteiger partial charge in [-0.15, -0.1) is 0 Å². The van der Waals surface area contributed by atoms with E-state index in [-0.39, 0.29) is 12.1 Å². The highest BCUT2D eigenvalue weighted by molar-refractivity contribution is 5.91. The molecule has 0 aliphatic heterocycles. The predicted octanol–water partition coefficient (Wildman–Crippen LogP) is 5.71. The lowest BCUT2D eigenvalue weighted by molar-refractivity contribution is 0.00695. The molecule has 3 aromatic rings. The van der Waals surface area contributed by atoms with Crippen LogP contribution in [0.5, 0.6) is 11.6 Å². The first-order valence-corrected chi connectivity index (χ1v) is 11.5. The van der Waals surface area contributed by atoms with Gasteiger partial charge in [0, 0.05) is 18.1 Å². The van der Waals surface area contributed by atoms with Gasteiger partial charge < -0.3 is 19.1 Å². The van der Waals surface area contributed by atoms with Crippen LogP contribution in [0.1, 0.15) is 56.0 Å². The molecule has 7 nitrogen and oxygen atoms in total. The quantitative estimate of drug-likeness (QED) is 0.398. The first-order valence-electron chi connectivity index (χ1n) is 11.5. The second-order valence-corrected chi connectivity index (χ2v) is 9.35. The number of methoxy groups -OCH3 is 1. The first-order chi connectivity index (χ1) is 16.3. The third-order valence-electron chi connectivity index (χ3n) is 5.49. The molecule has 0 spiro atoms. The molecule has 1 aliphatic rings. The fourth-order valence-electron chi connectivity index (χ4n) is 3.57. The highest BCUT2D eigenvalue weighted by Gasteiger charge is 2.24. The second-order valence-electron chi connectivity index (χ2n) is 9.35. The fourth-order valence-corrected chi connectivity index (χ4v) is 3.57. The molecule has 7 heteroatoms. The lowest BCUT2D eigenvalue weighted by atomic mass is 9.96. The summed E-state index contributed by atoms with van der Waals surface area (Å²) in [4.78, 5) is 23.8. The largest absolute Gasteiger partial charge is 0.491 e. The summed E-state index contributed by atoms with van der Waals surface area (Å²) < 4.78 is 17.2. The van der Waals surface area contributed by atoms with E-state index in [2.05, 4.69) is 4.98 Å². The van der Waals surface area contributed by atoms with Crippen molar-refractivity contribution in [1.82, 2.24) is 9.97 Å². The molecule has 0 unspecified atom stereocenters. The van der Waals surface area contributed by atoms with Crippen molar-refractivity contribution >= 4 is 17.5 Å². The van der Waals surface area contributed by atoms with Gasteiger partial charge in [-0.1, -0.05) is 12.1 Å². The summed E-state index contributed by atoms with van der Waals surface area (Å²) >= 11 is 0. The van der Waals surface area contributed by atoms with Crippen LogP contribution >= 0.6 is 0 Å². The van der Waals surface area contributed by atoms with E-state index in [0.29, 0.717) is 29.6 Å². The van der Waals surface area contributed by atoms with Gasteiger partial charge >= 0.3 is 5.97 Å². The summed E-state index contributed by atoms with van der Waals surface area (Å²) in [7, 11) is 1.61. The molecule has 4 rings (SSSR count). The van der Waals surface area contributed by atoms with Crippen molar-refractivity contribution in [1.29, 1.82) is 0 Å². The third kappa shape index (κ3) is 5.84.